The molecule has 3 heteroatoms. The fourth-order valence-corrected chi connectivity index (χ4v) is 4.18. The lowest BCUT2D eigenvalue weighted by molar-refractivity contribution is -0.115. The highest BCUT2D eigenvalue weighted by Crippen LogP contribution is 2.40. The lowest BCUT2D eigenvalue weighted by Gasteiger charge is -2.01. The fourth-order valence-electron chi connectivity index (χ4n) is 1.99. The molecule has 1 atom stereocenters. The SMILES string of the molecule is C=CCSCC1=C2CSCC2CC1=O. The summed E-state index contributed by atoms with van der Waals surface area (Å²) in [5, 5.41) is 0. The number of hydrogen-bond acceptors (Lipinski definition) is 3. The summed E-state index contributed by atoms with van der Waals surface area (Å²) in [5.74, 6) is 5.10. The first-order valence-electron chi connectivity index (χ1n) is 4.84. The van der Waals surface area contributed by atoms with Crippen LogP contribution in [0.25, 0.3) is 0 Å². The van der Waals surface area contributed by atoms with E-state index in [0.29, 0.717) is 11.7 Å². The zero-order valence-corrected chi connectivity index (χ0v) is 9.76. The molecule has 1 heterocycles. The van der Waals surface area contributed by atoms with E-state index in [2.05, 4.69) is 6.58 Å². The Morgan fingerprint density at radius 1 is 1.64 bits per heavy atom. The topological polar surface area (TPSA) is 17.1 Å². The number of carbonyl (C=O) groups excluding carboxylic acids is 1. The van der Waals surface area contributed by atoms with E-state index >= 15 is 0 Å². The summed E-state index contributed by atoms with van der Waals surface area (Å²) < 4.78 is 0. The Morgan fingerprint density at radius 2 is 2.50 bits per heavy atom. The van der Waals surface area contributed by atoms with E-state index in [1.807, 2.05) is 17.8 Å². The second-order valence-corrected chi connectivity index (χ2v) is 5.71. The van der Waals surface area contributed by atoms with E-state index in [4.69, 9.17) is 0 Å². The molecule has 1 unspecified atom stereocenters. The van der Waals surface area contributed by atoms with Crippen LogP contribution in [-0.4, -0.2) is 28.8 Å². The molecule has 1 fully saturated rings. The van der Waals surface area contributed by atoms with Crippen molar-refractivity contribution in [1.82, 2.24) is 0 Å². The van der Waals surface area contributed by atoms with Gasteiger partial charge in [-0.15, -0.1) is 6.58 Å². The van der Waals surface area contributed by atoms with Crippen LogP contribution in [0.1, 0.15) is 6.42 Å². The maximum Gasteiger partial charge on any atom is 0.160 e. The quantitative estimate of drug-likeness (QED) is 0.542. The standard InChI is InChI=1S/C11H14OS2/c1-2-3-13-7-10-9-6-14-5-8(9)4-11(10)12/h2,8H,1,3-7H2. The molecule has 0 spiro atoms. The van der Waals surface area contributed by atoms with Crippen molar-refractivity contribution < 1.29 is 4.79 Å². The van der Waals surface area contributed by atoms with Gasteiger partial charge in [-0.3, -0.25) is 4.79 Å². The van der Waals surface area contributed by atoms with Crippen molar-refractivity contribution in [2.45, 2.75) is 6.42 Å². The third-order valence-corrected chi connectivity index (χ3v) is 4.82. The summed E-state index contributed by atoms with van der Waals surface area (Å²) >= 11 is 3.77. The van der Waals surface area contributed by atoms with E-state index in [1.165, 1.54) is 5.57 Å². The highest BCUT2D eigenvalue weighted by atomic mass is 32.2. The normalized spacial score (nSPS) is 25.7. The smallest absolute Gasteiger partial charge is 0.160 e. The van der Waals surface area contributed by atoms with Crippen LogP contribution in [0.4, 0.5) is 0 Å². The van der Waals surface area contributed by atoms with E-state index in [-0.39, 0.29) is 0 Å². The lowest BCUT2D eigenvalue weighted by atomic mass is 10.1. The Labute approximate surface area is 93.4 Å². The van der Waals surface area contributed by atoms with Gasteiger partial charge < -0.3 is 0 Å². The molecule has 0 aromatic heterocycles. The van der Waals surface area contributed by atoms with E-state index in [1.54, 1.807) is 11.8 Å². The van der Waals surface area contributed by atoms with Gasteiger partial charge in [0, 0.05) is 35.0 Å². The molecule has 1 aliphatic carbocycles. The summed E-state index contributed by atoms with van der Waals surface area (Å²) in [4.78, 5) is 11.7. The van der Waals surface area contributed by atoms with Crippen LogP contribution in [0.3, 0.4) is 0 Å². The first kappa shape index (κ1) is 10.4. The average molecular weight is 226 g/mol. The van der Waals surface area contributed by atoms with Crippen molar-refractivity contribution in [3.63, 3.8) is 0 Å². The Balaban J connectivity index is 2.03. The largest absolute Gasteiger partial charge is 0.294 e. The van der Waals surface area contributed by atoms with E-state index in [9.17, 15) is 4.79 Å². The molecule has 2 rings (SSSR count). The van der Waals surface area contributed by atoms with Crippen molar-refractivity contribution >= 4 is 29.3 Å². The molecule has 76 valence electrons. The predicted molar refractivity (Wildman–Crippen MR) is 65.0 cm³/mol. The second kappa shape index (κ2) is 4.58. The Morgan fingerprint density at radius 3 is 3.29 bits per heavy atom. The molecule has 1 nitrogen and oxygen atoms in total. The molecule has 0 saturated carbocycles. The molecule has 1 aliphatic heterocycles. The minimum atomic E-state index is 0.405. The summed E-state index contributed by atoms with van der Waals surface area (Å²) in [7, 11) is 0. The highest BCUT2D eigenvalue weighted by Gasteiger charge is 2.34. The van der Waals surface area contributed by atoms with Crippen LogP contribution in [-0.2, 0) is 4.79 Å². The number of fused-ring (bicyclic) bond motifs is 1. The maximum absolute atomic E-state index is 11.7. The lowest BCUT2D eigenvalue weighted by Crippen LogP contribution is -2.01. The number of rotatable bonds is 4. The number of Topliss-reactive ketones (excluding diaryl/α,β-unsaturated/α-hetero) is 1. The molecule has 1 saturated heterocycles. The van der Waals surface area contributed by atoms with Crippen LogP contribution in [0.2, 0.25) is 0 Å². The summed E-state index contributed by atoms with van der Waals surface area (Å²) in [6, 6.07) is 0. The Hall–Kier alpha value is -0.150. The van der Waals surface area contributed by atoms with Gasteiger partial charge in [-0.2, -0.15) is 23.5 Å². The maximum atomic E-state index is 11.7. The van der Waals surface area contributed by atoms with Crippen LogP contribution in [0.5, 0.6) is 0 Å². The van der Waals surface area contributed by atoms with Crippen molar-refractivity contribution in [2.24, 2.45) is 5.92 Å². The zero-order chi connectivity index (χ0) is 9.97. The fraction of sp³-hybridized carbons (Fsp3) is 0.545. The van der Waals surface area contributed by atoms with Gasteiger partial charge in [0.2, 0.25) is 0 Å². The number of thioether (sulfide) groups is 2. The van der Waals surface area contributed by atoms with Crippen molar-refractivity contribution in [3.8, 4) is 0 Å². The Bertz CT molecular complexity index is 294. The molecule has 0 aromatic rings. The molecule has 0 aromatic carbocycles. The molecule has 0 radical (unpaired) electrons. The monoisotopic (exact) mass is 226 g/mol. The van der Waals surface area contributed by atoms with Gasteiger partial charge in [-0.25, -0.2) is 0 Å². The third kappa shape index (κ3) is 1.94. The minimum Gasteiger partial charge on any atom is -0.294 e. The van der Waals surface area contributed by atoms with Gasteiger partial charge in [0.25, 0.3) is 0 Å². The first-order valence-corrected chi connectivity index (χ1v) is 7.15. The van der Waals surface area contributed by atoms with Crippen LogP contribution < -0.4 is 0 Å². The molecule has 0 bridgehead atoms. The van der Waals surface area contributed by atoms with Crippen LogP contribution >= 0.6 is 23.5 Å². The molecule has 2 aliphatic rings. The predicted octanol–water partition coefficient (Wildman–Crippen LogP) is 2.54. The number of hydrogen-bond donors (Lipinski definition) is 0. The second-order valence-electron chi connectivity index (χ2n) is 3.65. The van der Waals surface area contributed by atoms with Gasteiger partial charge in [0.05, 0.1) is 0 Å². The van der Waals surface area contributed by atoms with E-state index in [0.717, 1.165) is 35.0 Å². The molecular formula is C11H14OS2. The molecule has 14 heavy (non-hydrogen) atoms. The highest BCUT2D eigenvalue weighted by molar-refractivity contribution is 8.00. The molecule has 0 N–H and O–H groups in total. The van der Waals surface area contributed by atoms with Crippen molar-refractivity contribution in [1.29, 1.82) is 0 Å². The average Bonchev–Trinajstić information content (AvgIpc) is 2.69. The zero-order valence-electron chi connectivity index (χ0n) is 8.12. The first-order chi connectivity index (χ1) is 6.83. The number of carbonyl (C=O) groups is 1. The minimum absolute atomic E-state index is 0.405. The van der Waals surface area contributed by atoms with Gasteiger partial charge in [0.1, 0.15) is 0 Å². The van der Waals surface area contributed by atoms with Gasteiger partial charge in [-0.1, -0.05) is 6.08 Å². The van der Waals surface area contributed by atoms with Crippen molar-refractivity contribution in [2.75, 3.05) is 23.0 Å². The summed E-state index contributed by atoms with van der Waals surface area (Å²) in [6.45, 7) is 3.68. The molecular weight excluding hydrogens is 212 g/mol. The van der Waals surface area contributed by atoms with Gasteiger partial charge in [-0.05, 0) is 11.5 Å². The summed E-state index contributed by atoms with van der Waals surface area (Å²) in [5.41, 5.74) is 2.59. The molecule has 0 amide bonds. The Kier molecular flexibility index (Phi) is 3.39. The number of ketones is 1. The van der Waals surface area contributed by atoms with Gasteiger partial charge >= 0.3 is 0 Å². The van der Waals surface area contributed by atoms with Gasteiger partial charge in [0.15, 0.2) is 5.78 Å². The van der Waals surface area contributed by atoms with Crippen LogP contribution in [0, 0.1) is 5.92 Å². The van der Waals surface area contributed by atoms with Crippen molar-refractivity contribution in [3.05, 3.63) is 23.8 Å². The van der Waals surface area contributed by atoms with E-state index < -0.39 is 0 Å². The third-order valence-electron chi connectivity index (χ3n) is 2.71. The van der Waals surface area contributed by atoms with Crippen LogP contribution in [0.15, 0.2) is 23.8 Å². The summed E-state index contributed by atoms with van der Waals surface area (Å²) in [6.07, 6.45) is 2.68.